The van der Waals surface area contributed by atoms with Crippen molar-refractivity contribution in [2.45, 2.75) is 6.92 Å². The highest BCUT2D eigenvalue weighted by atomic mass is 79.9. The van der Waals surface area contributed by atoms with Crippen molar-refractivity contribution in [1.82, 2.24) is 0 Å². The second-order valence-corrected chi connectivity index (χ2v) is 3.72. The van der Waals surface area contributed by atoms with Gasteiger partial charge in [-0.25, -0.2) is 0 Å². The molecule has 0 aliphatic rings. The third-order valence-electron chi connectivity index (χ3n) is 1.47. The quantitative estimate of drug-likeness (QED) is 0.746. The van der Waals surface area contributed by atoms with Crippen molar-refractivity contribution >= 4 is 27.5 Å². The van der Waals surface area contributed by atoms with Crippen molar-refractivity contribution in [2.75, 3.05) is 6.61 Å². The lowest BCUT2D eigenvalue weighted by molar-refractivity contribution is 0.362. The van der Waals surface area contributed by atoms with E-state index in [2.05, 4.69) is 15.9 Å². The Kier molecular flexibility index (Phi) is 4.33. The van der Waals surface area contributed by atoms with E-state index >= 15 is 0 Å². The predicted molar refractivity (Wildman–Crippen MR) is 59.5 cm³/mol. The van der Waals surface area contributed by atoms with Gasteiger partial charge in [0, 0.05) is 4.47 Å². The molecule has 1 nitrogen and oxygen atoms in total. The molecule has 1 rings (SSSR count). The van der Waals surface area contributed by atoms with E-state index in [1.54, 1.807) is 6.07 Å². The molecule has 1 aromatic rings. The summed E-state index contributed by atoms with van der Waals surface area (Å²) in [5.41, 5.74) is 0. The minimum Gasteiger partial charge on any atom is -0.489 e. The number of hydrogen-bond donors (Lipinski definition) is 0. The van der Waals surface area contributed by atoms with E-state index in [1.165, 1.54) is 0 Å². The second kappa shape index (κ2) is 5.30. The first-order valence-corrected chi connectivity index (χ1v) is 5.10. The zero-order valence-corrected chi connectivity index (χ0v) is 9.60. The minimum atomic E-state index is 0.578. The van der Waals surface area contributed by atoms with Crippen LogP contribution in [0.3, 0.4) is 0 Å². The van der Waals surface area contributed by atoms with Crippen LogP contribution in [-0.2, 0) is 0 Å². The van der Waals surface area contributed by atoms with Gasteiger partial charge in [0.05, 0.1) is 5.02 Å². The number of rotatable bonds is 3. The molecule has 0 heterocycles. The molecule has 0 atom stereocenters. The van der Waals surface area contributed by atoms with Gasteiger partial charge in [-0.05, 0) is 41.1 Å². The smallest absolute Gasteiger partial charge is 0.121 e. The molecule has 0 saturated carbocycles. The Balaban J connectivity index is 2.63. The van der Waals surface area contributed by atoms with Gasteiger partial charge >= 0.3 is 0 Å². The average Bonchev–Trinajstić information content (AvgIpc) is 2.12. The highest BCUT2D eigenvalue weighted by molar-refractivity contribution is 9.10. The van der Waals surface area contributed by atoms with E-state index in [1.807, 2.05) is 31.2 Å². The van der Waals surface area contributed by atoms with E-state index in [9.17, 15) is 0 Å². The van der Waals surface area contributed by atoms with E-state index in [0.717, 1.165) is 10.2 Å². The van der Waals surface area contributed by atoms with Crippen molar-refractivity contribution in [3.8, 4) is 5.75 Å². The van der Waals surface area contributed by atoms with Crippen molar-refractivity contribution in [3.05, 3.63) is 39.8 Å². The average molecular weight is 262 g/mol. The molecule has 13 heavy (non-hydrogen) atoms. The first-order valence-electron chi connectivity index (χ1n) is 3.93. The second-order valence-electron chi connectivity index (χ2n) is 2.46. The lowest BCUT2D eigenvalue weighted by Crippen LogP contribution is -1.92. The van der Waals surface area contributed by atoms with Crippen LogP contribution < -0.4 is 4.74 Å². The molecule has 1 aromatic carbocycles. The molecular weight excluding hydrogens is 251 g/mol. The first kappa shape index (κ1) is 10.6. The fourth-order valence-corrected chi connectivity index (χ4v) is 1.22. The van der Waals surface area contributed by atoms with E-state index in [4.69, 9.17) is 16.3 Å². The normalized spacial score (nSPS) is 10.7. The summed E-state index contributed by atoms with van der Waals surface area (Å²) >= 11 is 9.19. The number of hydrogen-bond acceptors (Lipinski definition) is 1. The standard InChI is InChI=1S/C10H10BrClO/c1-2-3-6-13-8-4-5-9(11)10(12)7-8/h2-5,7H,6H2,1H3/b3-2+. The van der Waals surface area contributed by atoms with E-state index in [-0.39, 0.29) is 0 Å². The summed E-state index contributed by atoms with van der Waals surface area (Å²) in [4.78, 5) is 0. The van der Waals surface area contributed by atoms with Crippen LogP contribution in [0, 0.1) is 0 Å². The van der Waals surface area contributed by atoms with Gasteiger partial charge < -0.3 is 4.74 Å². The summed E-state index contributed by atoms with van der Waals surface area (Å²) in [6.07, 6.45) is 3.89. The van der Waals surface area contributed by atoms with Gasteiger partial charge in [-0.1, -0.05) is 23.8 Å². The summed E-state index contributed by atoms with van der Waals surface area (Å²) in [6.45, 7) is 2.53. The highest BCUT2D eigenvalue weighted by Gasteiger charge is 1.98. The van der Waals surface area contributed by atoms with Gasteiger partial charge in [0.25, 0.3) is 0 Å². The van der Waals surface area contributed by atoms with E-state index in [0.29, 0.717) is 11.6 Å². The van der Waals surface area contributed by atoms with Crippen LogP contribution in [0.25, 0.3) is 0 Å². The van der Waals surface area contributed by atoms with Gasteiger partial charge in [-0.3, -0.25) is 0 Å². The van der Waals surface area contributed by atoms with Crippen LogP contribution in [0.2, 0.25) is 5.02 Å². The van der Waals surface area contributed by atoms with Gasteiger partial charge in [-0.2, -0.15) is 0 Å². The molecule has 0 amide bonds. The lowest BCUT2D eigenvalue weighted by Gasteiger charge is -2.03. The summed E-state index contributed by atoms with van der Waals surface area (Å²) in [5, 5.41) is 0.665. The monoisotopic (exact) mass is 260 g/mol. The van der Waals surface area contributed by atoms with Crippen LogP contribution in [0.1, 0.15) is 6.92 Å². The number of halogens is 2. The van der Waals surface area contributed by atoms with Crippen LogP contribution in [0.4, 0.5) is 0 Å². The van der Waals surface area contributed by atoms with Crippen molar-refractivity contribution < 1.29 is 4.74 Å². The van der Waals surface area contributed by atoms with Gasteiger partial charge in [-0.15, -0.1) is 0 Å². The Morgan fingerprint density at radius 1 is 1.54 bits per heavy atom. The Labute approximate surface area is 91.5 Å². The fraction of sp³-hybridized carbons (Fsp3) is 0.200. The number of allylic oxidation sites excluding steroid dienone is 1. The van der Waals surface area contributed by atoms with Crippen molar-refractivity contribution in [2.24, 2.45) is 0 Å². The first-order chi connectivity index (χ1) is 6.24. The summed E-state index contributed by atoms with van der Waals surface area (Å²) in [6, 6.07) is 5.53. The van der Waals surface area contributed by atoms with Gasteiger partial charge in [0.1, 0.15) is 12.4 Å². The van der Waals surface area contributed by atoms with Crippen LogP contribution >= 0.6 is 27.5 Å². The topological polar surface area (TPSA) is 9.23 Å². The number of benzene rings is 1. The molecule has 0 saturated heterocycles. The predicted octanol–water partition coefficient (Wildman–Crippen LogP) is 4.06. The summed E-state index contributed by atoms with van der Waals surface area (Å²) in [7, 11) is 0. The Morgan fingerprint density at radius 3 is 2.92 bits per heavy atom. The molecule has 0 unspecified atom stereocenters. The molecule has 0 radical (unpaired) electrons. The molecule has 70 valence electrons. The molecule has 0 spiro atoms. The van der Waals surface area contributed by atoms with Crippen LogP contribution in [0.5, 0.6) is 5.75 Å². The maximum atomic E-state index is 5.88. The largest absolute Gasteiger partial charge is 0.489 e. The maximum absolute atomic E-state index is 5.88. The Morgan fingerprint density at radius 2 is 2.31 bits per heavy atom. The van der Waals surface area contributed by atoms with Gasteiger partial charge in [0.2, 0.25) is 0 Å². The molecule has 0 fully saturated rings. The highest BCUT2D eigenvalue weighted by Crippen LogP contribution is 2.26. The molecule has 0 aliphatic heterocycles. The zero-order valence-electron chi connectivity index (χ0n) is 7.26. The summed E-state index contributed by atoms with van der Waals surface area (Å²) < 4.78 is 6.27. The van der Waals surface area contributed by atoms with E-state index < -0.39 is 0 Å². The zero-order chi connectivity index (χ0) is 9.68. The Hall–Kier alpha value is -0.470. The van der Waals surface area contributed by atoms with Gasteiger partial charge in [0.15, 0.2) is 0 Å². The van der Waals surface area contributed by atoms with Crippen molar-refractivity contribution in [3.63, 3.8) is 0 Å². The molecule has 0 aromatic heterocycles. The third kappa shape index (κ3) is 3.41. The number of ether oxygens (including phenoxy) is 1. The SMILES string of the molecule is C/C=C/COc1ccc(Br)c(Cl)c1. The third-order valence-corrected chi connectivity index (χ3v) is 2.71. The molecule has 0 N–H and O–H groups in total. The van der Waals surface area contributed by atoms with Crippen molar-refractivity contribution in [1.29, 1.82) is 0 Å². The molecule has 3 heteroatoms. The summed E-state index contributed by atoms with van der Waals surface area (Å²) in [5.74, 6) is 0.784. The molecule has 0 bridgehead atoms. The molecule has 0 aliphatic carbocycles. The fourth-order valence-electron chi connectivity index (χ4n) is 0.807. The van der Waals surface area contributed by atoms with Crippen LogP contribution in [-0.4, -0.2) is 6.61 Å². The molecular formula is C10H10BrClO. The lowest BCUT2D eigenvalue weighted by atomic mass is 10.3. The Bertz CT molecular complexity index is 310. The maximum Gasteiger partial charge on any atom is 0.121 e. The van der Waals surface area contributed by atoms with Crippen LogP contribution in [0.15, 0.2) is 34.8 Å². The minimum absolute atomic E-state index is 0.578.